The Hall–Kier alpha value is -1.02. The number of nitrogens with zero attached hydrogens (tertiary/aromatic N) is 1. The molecule has 0 bridgehead atoms. The van der Waals surface area contributed by atoms with Crippen LogP contribution in [0.1, 0.15) is 31.2 Å². The third-order valence-electron chi connectivity index (χ3n) is 3.62. The number of nitrogen functional groups attached to an aromatic ring is 1. The monoisotopic (exact) mass is 216 g/mol. The molecule has 0 amide bonds. The fourth-order valence-electron chi connectivity index (χ4n) is 2.27. The van der Waals surface area contributed by atoms with Crippen molar-refractivity contribution in [3.05, 3.63) is 29.8 Å². The van der Waals surface area contributed by atoms with Gasteiger partial charge in [-0.25, -0.2) is 0 Å². The fourth-order valence-corrected chi connectivity index (χ4v) is 2.27. The van der Waals surface area contributed by atoms with Crippen LogP contribution >= 0.6 is 0 Å². The first-order chi connectivity index (χ1) is 7.81. The van der Waals surface area contributed by atoms with Crippen molar-refractivity contribution in [1.82, 2.24) is 4.90 Å². The van der Waals surface area contributed by atoms with Crippen LogP contribution in [0.15, 0.2) is 24.3 Å². The Labute approximate surface area is 97.4 Å². The number of nitrogens with two attached hydrogens (primary N) is 1. The second-order valence-corrected chi connectivity index (χ2v) is 5.35. The Morgan fingerprint density at radius 1 is 1.06 bits per heavy atom. The lowest BCUT2D eigenvalue weighted by molar-refractivity contribution is 0.244. The van der Waals surface area contributed by atoms with Gasteiger partial charge in [0.05, 0.1) is 0 Å². The number of anilines is 1. The zero-order chi connectivity index (χ0) is 11.0. The maximum atomic E-state index is 5.71. The quantitative estimate of drug-likeness (QED) is 0.767. The first kappa shape index (κ1) is 10.2. The van der Waals surface area contributed by atoms with Crippen LogP contribution in [0.3, 0.4) is 0 Å². The summed E-state index contributed by atoms with van der Waals surface area (Å²) in [5.74, 6) is 0.995. The highest BCUT2D eigenvalue weighted by molar-refractivity contribution is 5.39. The van der Waals surface area contributed by atoms with E-state index >= 15 is 0 Å². The molecule has 0 saturated heterocycles. The second-order valence-electron chi connectivity index (χ2n) is 5.35. The summed E-state index contributed by atoms with van der Waals surface area (Å²) in [6, 6.07) is 9.22. The van der Waals surface area contributed by atoms with Crippen LogP contribution in [0, 0.1) is 5.92 Å². The van der Waals surface area contributed by atoms with Gasteiger partial charge in [-0.2, -0.15) is 0 Å². The van der Waals surface area contributed by atoms with E-state index in [1.54, 1.807) is 0 Å². The van der Waals surface area contributed by atoms with Gasteiger partial charge in [-0.1, -0.05) is 12.1 Å². The van der Waals surface area contributed by atoms with Crippen molar-refractivity contribution in [3.63, 3.8) is 0 Å². The average Bonchev–Trinajstić information content (AvgIpc) is 3.14. The summed E-state index contributed by atoms with van der Waals surface area (Å²) in [4.78, 5) is 2.67. The standard InChI is InChI=1S/C14H20N2/c15-13-5-3-12(4-6-13)10-16(14-7-8-14)9-11-1-2-11/h3-6,11,14H,1-2,7-10,15H2. The van der Waals surface area contributed by atoms with Gasteiger partial charge >= 0.3 is 0 Å². The lowest BCUT2D eigenvalue weighted by Crippen LogP contribution is -2.27. The molecule has 0 heterocycles. The van der Waals surface area contributed by atoms with Gasteiger partial charge in [0.2, 0.25) is 0 Å². The van der Waals surface area contributed by atoms with E-state index in [1.165, 1.54) is 37.8 Å². The highest BCUT2D eigenvalue weighted by Crippen LogP contribution is 2.35. The molecule has 2 nitrogen and oxygen atoms in total. The zero-order valence-corrected chi connectivity index (χ0v) is 9.73. The van der Waals surface area contributed by atoms with Crippen molar-refractivity contribution in [2.75, 3.05) is 12.3 Å². The topological polar surface area (TPSA) is 29.3 Å². The molecule has 0 atom stereocenters. The van der Waals surface area contributed by atoms with E-state index in [1.807, 2.05) is 12.1 Å². The van der Waals surface area contributed by atoms with Crippen molar-refractivity contribution >= 4 is 5.69 Å². The number of hydrogen-bond donors (Lipinski definition) is 1. The Morgan fingerprint density at radius 2 is 1.75 bits per heavy atom. The molecule has 0 radical (unpaired) electrons. The summed E-state index contributed by atoms with van der Waals surface area (Å²) in [6.45, 7) is 2.43. The molecule has 16 heavy (non-hydrogen) atoms. The largest absolute Gasteiger partial charge is 0.399 e. The molecule has 1 aromatic rings. The van der Waals surface area contributed by atoms with E-state index in [0.717, 1.165) is 24.2 Å². The number of rotatable bonds is 5. The minimum Gasteiger partial charge on any atom is -0.399 e. The molecule has 2 aliphatic carbocycles. The van der Waals surface area contributed by atoms with Gasteiger partial charge in [0.25, 0.3) is 0 Å². The van der Waals surface area contributed by atoms with Crippen LogP contribution in [0.4, 0.5) is 5.69 Å². The zero-order valence-electron chi connectivity index (χ0n) is 9.73. The van der Waals surface area contributed by atoms with E-state index < -0.39 is 0 Å². The van der Waals surface area contributed by atoms with Gasteiger partial charge < -0.3 is 5.73 Å². The highest BCUT2D eigenvalue weighted by Gasteiger charge is 2.33. The summed E-state index contributed by atoms with van der Waals surface area (Å²) in [7, 11) is 0. The predicted molar refractivity (Wildman–Crippen MR) is 67.0 cm³/mol. The van der Waals surface area contributed by atoms with Crippen LogP contribution in [0.2, 0.25) is 0 Å². The molecular formula is C14H20N2. The van der Waals surface area contributed by atoms with Gasteiger partial charge in [-0.05, 0) is 49.3 Å². The van der Waals surface area contributed by atoms with Crippen molar-refractivity contribution in [2.24, 2.45) is 5.92 Å². The summed E-state index contributed by atoms with van der Waals surface area (Å²) < 4.78 is 0. The van der Waals surface area contributed by atoms with Crippen LogP contribution in [0.5, 0.6) is 0 Å². The van der Waals surface area contributed by atoms with E-state index in [0.29, 0.717) is 0 Å². The molecule has 0 unspecified atom stereocenters. The molecular weight excluding hydrogens is 196 g/mol. The molecule has 86 valence electrons. The summed E-state index contributed by atoms with van der Waals surface area (Å²) in [6.07, 6.45) is 5.71. The average molecular weight is 216 g/mol. The SMILES string of the molecule is Nc1ccc(CN(CC2CC2)C2CC2)cc1. The number of benzene rings is 1. The molecule has 2 fully saturated rings. The molecule has 2 N–H and O–H groups in total. The van der Waals surface area contributed by atoms with Gasteiger partial charge in [0.15, 0.2) is 0 Å². The van der Waals surface area contributed by atoms with Crippen molar-refractivity contribution < 1.29 is 0 Å². The van der Waals surface area contributed by atoms with Gasteiger partial charge in [-0.15, -0.1) is 0 Å². The van der Waals surface area contributed by atoms with Crippen molar-refractivity contribution in [2.45, 2.75) is 38.3 Å². The molecule has 0 spiro atoms. The van der Waals surface area contributed by atoms with E-state index in [4.69, 9.17) is 5.73 Å². The lowest BCUT2D eigenvalue weighted by Gasteiger charge is -2.21. The molecule has 2 heteroatoms. The van der Waals surface area contributed by atoms with Crippen molar-refractivity contribution in [1.29, 1.82) is 0 Å². The summed E-state index contributed by atoms with van der Waals surface area (Å²) in [5.41, 5.74) is 7.98. The summed E-state index contributed by atoms with van der Waals surface area (Å²) >= 11 is 0. The third kappa shape index (κ3) is 2.56. The maximum absolute atomic E-state index is 5.71. The van der Waals surface area contributed by atoms with Crippen molar-refractivity contribution in [3.8, 4) is 0 Å². The Kier molecular flexibility index (Phi) is 2.60. The smallest absolute Gasteiger partial charge is 0.0314 e. The predicted octanol–water partition coefficient (Wildman–Crippen LogP) is 2.64. The van der Waals surface area contributed by atoms with E-state index in [2.05, 4.69) is 17.0 Å². The first-order valence-corrected chi connectivity index (χ1v) is 6.40. The van der Waals surface area contributed by atoms with Crippen LogP contribution in [-0.4, -0.2) is 17.5 Å². The maximum Gasteiger partial charge on any atom is 0.0314 e. The molecule has 2 saturated carbocycles. The molecule has 0 aliphatic heterocycles. The minimum atomic E-state index is 0.865. The van der Waals surface area contributed by atoms with Gasteiger partial charge in [0.1, 0.15) is 0 Å². The Bertz CT molecular complexity index is 350. The summed E-state index contributed by atoms with van der Waals surface area (Å²) in [5, 5.41) is 0. The molecule has 3 rings (SSSR count). The van der Waals surface area contributed by atoms with Crippen LogP contribution in [0.25, 0.3) is 0 Å². The highest BCUT2D eigenvalue weighted by atomic mass is 15.2. The molecule has 1 aromatic carbocycles. The lowest BCUT2D eigenvalue weighted by atomic mass is 10.2. The third-order valence-corrected chi connectivity index (χ3v) is 3.62. The van der Waals surface area contributed by atoms with E-state index in [-0.39, 0.29) is 0 Å². The van der Waals surface area contributed by atoms with Crippen LogP contribution < -0.4 is 5.73 Å². The normalized spacial score (nSPS) is 20.3. The first-order valence-electron chi connectivity index (χ1n) is 6.40. The molecule has 0 aromatic heterocycles. The minimum absolute atomic E-state index is 0.865. The Morgan fingerprint density at radius 3 is 2.31 bits per heavy atom. The second kappa shape index (κ2) is 4.10. The van der Waals surface area contributed by atoms with Crippen LogP contribution in [-0.2, 0) is 6.54 Å². The fraction of sp³-hybridized carbons (Fsp3) is 0.571. The number of hydrogen-bond acceptors (Lipinski definition) is 2. The van der Waals surface area contributed by atoms with Gasteiger partial charge in [-0.3, -0.25) is 4.90 Å². The van der Waals surface area contributed by atoms with Gasteiger partial charge in [0, 0.05) is 24.8 Å². The Balaban J connectivity index is 1.63. The molecule has 2 aliphatic rings. The van der Waals surface area contributed by atoms with E-state index in [9.17, 15) is 0 Å².